The van der Waals surface area contributed by atoms with E-state index in [9.17, 15) is 18.4 Å². The first kappa shape index (κ1) is 19.5. The Kier molecular flexibility index (Phi) is 4.70. The van der Waals surface area contributed by atoms with Crippen LogP contribution in [0.15, 0.2) is 42.7 Å². The average molecular weight is 409 g/mol. The highest BCUT2D eigenvalue weighted by atomic mass is 19.3. The van der Waals surface area contributed by atoms with Crippen LogP contribution in [0.1, 0.15) is 44.8 Å². The van der Waals surface area contributed by atoms with E-state index in [1.54, 1.807) is 41.8 Å². The number of rotatable bonds is 4. The van der Waals surface area contributed by atoms with E-state index >= 15 is 0 Å². The van der Waals surface area contributed by atoms with Crippen LogP contribution < -0.4 is 10.6 Å². The molecular weight excluding hydrogens is 392 g/mol. The lowest BCUT2D eigenvalue weighted by atomic mass is 9.88. The summed E-state index contributed by atoms with van der Waals surface area (Å²) in [6.45, 7) is 1.78. The molecule has 4 rings (SSSR count). The first-order chi connectivity index (χ1) is 14.3. The van der Waals surface area contributed by atoms with Gasteiger partial charge in [-0.15, -0.1) is 0 Å². The molecular formula is C21H17F2N5O2. The maximum Gasteiger partial charge on any atom is 0.274 e. The van der Waals surface area contributed by atoms with E-state index in [0.717, 1.165) is 5.56 Å². The number of hydrogen-bond donors (Lipinski definition) is 2. The van der Waals surface area contributed by atoms with Crippen LogP contribution in [0.4, 0.5) is 14.5 Å². The summed E-state index contributed by atoms with van der Waals surface area (Å²) >= 11 is 0. The molecule has 3 aromatic rings. The van der Waals surface area contributed by atoms with Crippen molar-refractivity contribution < 1.29 is 18.4 Å². The maximum absolute atomic E-state index is 13.0. The molecule has 7 nitrogen and oxygen atoms in total. The topological polar surface area (TPSA) is 99.3 Å². The van der Waals surface area contributed by atoms with Gasteiger partial charge in [-0.2, -0.15) is 5.26 Å². The second-order valence-corrected chi connectivity index (χ2v) is 7.32. The molecule has 2 amide bonds. The van der Waals surface area contributed by atoms with Gasteiger partial charge in [0.1, 0.15) is 11.3 Å². The smallest absolute Gasteiger partial charge is 0.274 e. The van der Waals surface area contributed by atoms with Crippen molar-refractivity contribution in [2.24, 2.45) is 0 Å². The molecule has 0 atom stereocenters. The number of halogens is 2. The van der Waals surface area contributed by atoms with Crippen molar-refractivity contribution >= 4 is 23.1 Å². The minimum absolute atomic E-state index is 0.264. The van der Waals surface area contributed by atoms with E-state index in [1.807, 2.05) is 6.07 Å². The normalized spacial score (nSPS) is 15.3. The minimum Gasteiger partial charge on any atom is -0.349 e. The predicted molar refractivity (Wildman–Crippen MR) is 104 cm³/mol. The summed E-state index contributed by atoms with van der Waals surface area (Å²) in [5, 5.41) is 14.3. The number of nitrogens with zero attached hydrogens (tertiary/aromatic N) is 3. The van der Waals surface area contributed by atoms with E-state index in [1.165, 1.54) is 12.3 Å². The monoisotopic (exact) mass is 409 g/mol. The fraction of sp³-hybridized carbons (Fsp3) is 0.238. The molecule has 30 heavy (non-hydrogen) atoms. The Morgan fingerprint density at radius 2 is 2.00 bits per heavy atom. The van der Waals surface area contributed by atoms with E-state index < -0.39 is 23.8 Å². The summed E-state index contributed by atoms with van der Waals surface area (Å²) in [5.74, 6) is -3.62. The Balaban J connectivity index is 1.52. The number of fused-ring (bicyclic) bond motifs is 1. The summed E-state index contributed by atoms with van der Waals surface area (Å²) in [5.41, 5.74) is 2.58. The van der Waals surface area contributed by atoms with Crippen LogP contribution in [0.2, 0.25) is 0 Å². The number of aromatic nitrogens is 2. The number of aryl methyl sites for hydroxylation is 1. The second kappa shape index (κ2) is 7.22. The third-order valence-electron chi connectivity index (χ3n) is 5.05. The molecule has 152 valence electrons. The molecule has 0 unspecified atom stereocenters. The van der Waals surface area contributed by atoms with Crippen molar-refractivity contribution in [3.63, 3.8) is 0 Å². The Labute approximate surface area is 170 Å². The summed E-state index contributed by atoms with van der Waals surface area (Å²) in [4.78, 5) is 29.3. The number of alkyl halides is 2. The van der Waals surface area contributed by atoms with Gasteiger partial charge in [-0.3, -0.25) is 14.0 Å². The molecule has 1 fully saturated rings. The average Bonchev–Trinajstić information content (AvgIpc) is 3.11. The van der Waals surface area contributed by atoms with Gasteiger partial charge in [0.05, 0.1) is 17.8 Å². The third kappa shape index (κ3) is 3.72. The zero-order chi connectivity index (χ0) is 21.5. The van der Waals surface area contributed by atoms with Crippen molar-refractivity contribution in [3.8, 4) is 6.07 Å². The maximum atomic E-state index is 13.0. The Hall–Kier alpha value is -3.80. The van der Waals surface area contributed by atoms with Crippen molar-refractivity contribution in [2.75, 3.05) is 5.32 Å². The number of carbonyl (C=O) groups excluding carboxylic acids is 2. The highest BCUT2D eigenvalue weighted by Gasteiger charge is 2.45. The summed E-state index contributed by atoms with van der Waals surface area (Å²) in [6, 6.07) is 9.37. The Morgan fingerprint density at radius 1 is 1.23 bits per heavy atom. The van der Waals surface area contributed by atoms with E-state index in [4.69, 9.17) is 5.26 Å². The van der Waals surface area contributed by atoms with Gasteiger partial charge in [-0.05, 0) is 36.8 Å². The molecule has 2 aromatic heterocycles. The standard InChI is InChI=1S/C21H17F2N5O2/c1-12-2-3-14(19(29)26-15-8-21(22,23)9-15)7-16(12)27-20(30)17-11-25-18-6-13(10-24)4-5-28(17)18/h2-7,11,15H,8-9H2,1H3,(H,26,29)(H,27,30). The van der Waals surface area contributed by atoms with Gasteiger partial charge >= 0.3 is 0 Å². The van der Waals surface area contributed by atoms with Crippen molar-refractivity contribution in [1.29, 1.82) is 5.26 Å². The van der Waals surface area contributed by atoms with Gasteiger partial charge < -0.3 is 10.6 Å². The largest absolute Gasteiger partial charge is 0.349 e. The lowest BCUT2D eigenvalue weighted by Crippen LogP contribution is -2.50. The van der Waals surface area contributed by atoms with Crippen molar-refractivity contribution in [3.05, 3.63) is 65.1 Å². The van der Waals surface area contributed by atoms with Gasteiger partial charge in [0, 0.05) is 36.3 Å². The first-order valence-electron chi connectivity index (χ1n) is 9.24. The van der Waals surface area contributed by atoms with Gasteiger partial charge in [0.2, 0.25) is 0 Å². The van der Waals surface area contributed by atoms with Crippen LogP contribution in [0.25, 0.3) is 5.65 Å². The lowest BCUT2D eigenvalue weighted by molar-refractivity contribution is -0.0901. The van der Waals surface area contributed by atoms with E-state index in [-0.39, 0.29) is 24.1 Å². The predicted octanol–water partition coefficient (Wildman–Crippen LogP) is 3.29. The van der Waals surface area contributed by atoms with Gasteiger partial charge in [0.15, 0.2) is 0 Å². The van der Waals surface area contributed by atoms with Gasteiger partial charge in [-0.1, -0.05) is 6.07 Å². The molecule has 9 heteroatoms. The number of anilines is 1. The molecule has 1 saturated carbocycles. The number of benzene rings is 1. The fourth-order valence-corrected chi connectivity index (χ4v) is 3.33. The number of nitrogens with one attached hydrogen (secondary N) is 2. The van der Waals surface area contributed by atoms with Crippen LogP contribution >= 0.6 is 0 Å². The van der Waals surface area contributed by atoms with E-state index in [0.29, 0.717) is 16.9 Å². The molecule has 1 aliphatic carbocycles. The number of amides is 2. The number of pyridine rings is 1. The number of hydrogen-bond acceptors (Lipinski definition) is 4. The number of imidazole rings is 1. The summed E-state index contributed by atoms with van der Waals surface area (Å²) in [6.07, 6.45) is 2.25. The molecule has 0 saturated heterocycles. The van der Waals surface area contributed by atoms with Crippen molar-refractivity contribution in [2.45, 2.75) is 31.7 Å². The molecule has 0 spiro atoms. The second-order valence-electron chi connectivity index (χ2n) is 7.32. The van der Waals surface area contributed by atoms with Crippen LogP contribution in [0.3, 0.4) is 0 Å². The number of nitriles is 1. The zero-order valence-electron chi connectivity index (χ0n) is 15.9. The number of carbonyl (C=O) groups is 2. The van der Waals surface area contributed by atoms with Crippen LogP contribution in [-0.4, -0.2) is 33.2 Å². The van der Waals surface area contributed by atoms with Gasteiger partial charge in [0.25, 0.3) is 17.7 Å². The van der Waals surface area contributed by atoms with Crippen molar-refractivity contribution in [1.82, 2.24) is 14.7 Å². The lowest BCUT2D eigenvalue weighted by Gasteiger charge is -2.35. The molecule has 0 radical (unpaired) electrons. The molecule has 1 aromatic carbocycles. The van der Waals surface area contributed by atoms with Crippen LogP contribution in [0.5, 0.6) is 0 Å². The molecule has 0 aliphatic heterocycles. The summed E-state index contributed by atoms with van der Waals surface area (Å²) in [7, 11) is 0. The van der Waals surface area contributed by atoms with Gasteiger partial charge in [-0.25, -0.2) is 13.8 Å². The highest BCUT2D eigenvalue weighted by Crippen LogP contribution is 2.37. The van der Waals surface area contributed by atoms with E-state index in [2.05, 4.69) is 15.6 Å². The first-order valence-corrected chi connectivity index (χ1v) is 9.24. The molecule has 1 aliphatic rings. The van der Waals surface area contributed by atoms with Crippen LogP contribution in [-0.2, 0) is 0 Å². The SMILES string of the molecule is Cc1ccc(C(=O)NC2CC(F)(F)C2)cc1NC(=O)c1cnc2cc(C#N)ccn12. The Morgan fingerprint density at radius 3 is 2.70 bits per heavy atom. The molecule has 2 heterocycles. The zero-order valence-corrected chi connectivity index (χ0v) is 15.9. The third-order valence-corrected chi connectivity index (χ3v) is 5.05. The highest BCUT2D eigenvalue weighted by molar-refractivity contribution is 6.05. The Bertz CT molecular complexity index is 1200. The fourth-order valence-electron chi connectivity index (χ4n) is 3.33. The van der Waals surface area contributed by atoms with Crippen LogP contribution in [0, 0.1) is 18.3 Å². The molecule has 0 bridgehead atoms. The summed E-state index contributed by atoms with van der Waals surface area (Å²) < 4.78 is 27.5. The molecule has 2 N–H and O–H groups in total. The quantitative estimate of drug-likeness (QED) is 0.691. The minimum atomic E-state index is -2.72.